The van der Waals surface area contributed by atoms with Crippen LogP contribution in [-0.2, 0) is 15.5 Å². The number of hydrazone groups is 1. The molecule has 0 saturated heterocycles. The normalized spacial score (nSPS) is 17.0. The van der Waals surface area contributed by atoms with Crippen LogP contribution in [0, 0.1) is 5.92 Å². The standard InChI is InChI=1S/C21H18F2N4O2/c1-12-18(19(28)25-15-5-3-4-14(11-15)21(2,22)23)20(29)27(26-12)16-6-7-17-13(10-16)8-9-24-17/h3-11,18,24H,1-2H3,(H,25,28). The van der Waals surface area contributed by atoms with Crippen molar-refractivity contribution >= 4 is 39.8 Å². The highest BCUT2D eigenvalue weighted by molar-refractivity contribution is 6.28. The van der Waals surface area contributed by atoms with Gasteiger partial charge in [-0.1, -0.05) is 12.1 Å². The lowest BCUT2D eigenvalue weighted by Gasteiger charge is -2.16. The van der Waals surface area contributed by atoms with Crippen molar-refractivity contribution in [2.24, 2.45) is 11.0 Å². The molecule has 0 fully saturated rings. The highest BCUT2D eigenvalue weighted by atomic mass is 19.3. The molecule has 29 heavy (non-hydrogen) atoms. The molecule has 0 aliphatic carbocycles. The summed E-state index contributed by atoms with van der Waals surface area (Å²) in [6.45, 7) is 2.37. The molecule has 0 radical (unpaired) electrons. The van der Waals surface area contributed by atoms with E-state index in [4.69, 9.17) is 0 Å². The van der Waals surface area contributed by atoms with Gasteiger partial charge in [0, 0.05) is 35.3 Å². The van der Waals surface area contributed by atoms with Crippen LogP contribution in [-0.4, -0.2) is 22.5 Å². The average Bonchev–Trinajstić information content (AvgIpc) is 3.24. The van der Waals surface area contributed by atoms with Crippen molar-refractivity contribution in [3.63, 3.8) is 0 Å². The molecule has 8 heteroatoms. The second kappa shape index (κ2) is 6.80. The van der Waals surface area contributed by atoms with E-state index in [-0.39, 0.29) is 11.3 Å². The number of alkyl halides is 2. The van der Waals surface area contributed by atoms with Crippen molar-refractivity contribution in [3.05, 3.63) is 60.3 Å². The van der Waals surface area contributed by atoms with Gasteiger partial charge >= 0.3 is 0 Å². The average molecular weight is 396 g/mol. The van der Waals surface area contributed by atoms with Gasteiger partial charge in [0.05, 0.1) is 11.4 Å². The summed E-state index contributed by atoms with van der Waals surface area (Å²) in [5.74, 6) is -5.26. The molecule has 6 nitrogen and oxygen atoms in total. The maximum Gasteiger partial charge on any atom is 0.270 e. The first-order valence-electron chi connectivity index (χ1n) is 8.99. The number of hydrogen-bond donors (Lipinski definition) is 2. The van der Waals surface area contributed by atoms with E-state index >= 15 is 0 Å². The highest BCUT2D eigenvalue weighted by Crippen LogP contribution is 2.30. The van der Waals surface area contributed by atoms with Crippen LogP contribution in [0.4, 0.5) is 20.2 Å². The summed E-state index contributed by atoms with van der Waals surface area (Å²) in [6.07, 6.45) is 1.79. The fraction of sp³-hybridized carbons (Fsp3) is 0.190. The van der Waals surface area contributed by atoms with E-state index in [1.54, 1.807) is 25.3 Å². The van der Waals surface area contributed by atoms with Crippen LogP contribution in [0.15, 0.2) is 59.8 Å². The van der Waals surface area contributed by atoms with Gasteiger partial charge in [-0.05, 0) is 43.3 Å². The van der Waals surface area contributed by atoms with Gasteiger partial charge in [-0.2, -0.15) is 10.1 Å². The molecule has 2 heterocycles. The number of hydrogen-bond acceptors (Lipinski definition) is 3. The molecule has 2 N–H and O–H groups in total. The van der Waals surface area contributed by atoms with Crippen LogP contribution in [0.5, 0.6) is 0 Å². The van der Waals surface area contributed by atoms with Crippen molar-refractivity contribution in [1.82, 2.24) is 4.98 Å². The Hall–Kier alpha value is -3.55. The van der Waals surface area contributed by atoms with E-state index in [2.05, 4.69) is 15.4 Å². The largest absolute Gasteiger partial charge is 0.361 e. The molecule has 0 bridgehead atoms. The lowest BCUT2D eigenvalue weighted by Crippen LogP contribution is -2.36. The van der Waals surface area contributed by atoms with E-state index in [9.17, 15) is 18.4 Å². The molecule has 2 amide bonds. The minimum Gasteiger partial charge on any atom is -0.361 e. The quantitative estimate of drug-likeness (QED) is 0.647. The summed E-state index contributed by atoms with van der Waals surface area (Å²) < 4.78 is 27.1. The molecule has 148 valence electrons. The molecule has 1 aliphatic heterocycles. The number of benzene rings is 2. The zero-order valence-corrected chi connectivity index (χ0v) is 15.7. The summed E-state index contributed by atoms with van der Waals surface area (Å²) in [5, 5.41) is 8.90. The monoisotopic (exact) mass is 396 g/mol. The van der Waals surface area contributed by atoms with Gasteiger partial charge < -0.3 is 10.3 Å². The van der Waals surface area contributed by atoms with Crippen LogP contribution < -0.4 is 10.3 Å². The zero-order chi connectivity index (χ0) is 20.8. The smallest absolute Gasteiger partial charge is 0.270 e. The molecule has 0 saturated carbocycles. The number of fused-ring (bicyclic) bond motifs is 1. The van der Waals surface area contributed by atoms with Crippen LogP contribution in [0.2, 0.25) is 0 Å². The van der Waals surface area contributed by atoms with Crippen molar-refractivity contribution in [1.29, 1.82) is 0 Å². The number of anilines is 2. The van der Waals surface area contributed by atoms with Gasteiger partial charge in [-0.3, -0.25) is 9.59 Å². The number of rotatable bonds is 4. The van der Waals surface area contributed by atoms with E-state index in [1.807, 2.05) is 12.1 Å². The summed E-state index contributed by atoms with van der Waals surface area (Å²) in [7, 11) is 0. The third kappa shape index (κ3) is 3.49. The number of aromatic amines is 1. The second-order valence-corrected chi connectivity index (χ2v) is 7.03. The lowest BCUT2D eigenvalue weighted by atomic mass is 10.0. The predicted octanol–water partition coefficient (Wildman–Crippen LogP) is 4.26. The fourth-order valence-corrected chi connectivity index (χ4v) is 3.31. The Morgan fingerprint density at radius 2 is 2.00 bits per heavy atom. The first-order valence-corrected chi connectivity index (χ1v) is 8.99. The SMILES string of the molecule is CC1=NN(c2ccc3[nH]ccc3c2)C(=O)C1C(=O)Nc1cccc(C(C)(F)F)c1. The van der Waals surface area contributed by atoms with Gasteiger partial charge in [0.15, 0.2) is 5.92 Å². The molecular formula is C21H18F2N4O2. The van der Waals surface area contributed by atoms with E-state index in [0.29, 0.717) is 11.4 Å². The van der Waals surface area contributed by atoms with Crippen molar-refractivity contribution in [2.75, 3.05) is 10.3 Å². The number of H-pyrrole nitrogens is 1. The van der Waals surface area contributed by atoms with E-state index < -0.39 is 23.7 Å². The maximum absolute atomic E-state index is 13.5. The van der Waals surface area contributed by atoms with Crippen molar-refractivity contribution in [2.45, 2.75) is 19.8 Å². The Labute approximate surface area is 165 Å². The number of halogens is 2. The number of carbonyl (C=O) groups excluding carboxylic acids is 2. The maximum atomic E-state index is 13.5. The Bertz CT molecular complexity index is 1150. The number of amides is 2. The third-order valence-electron chi connectivity index (χ3n) is 4.81. The van der Waals surface area contributed by atoms with Gasteiger partial charge in [-0.25, -0.2) is 8.78 Å². The minimum absolute atomic E-state index is 0.196. The summed E-state index contributed by atoms with van der Waals surface area (Å²) in [6, 6.07) is 12.6. The fourth-order valence-electron chi connectivity index (χ4n) is 3.31. The Morgan fingerprint density at radius 1 is 1.21 bits per heavy atom. The lowest BCUT2D eigenvalue weighted by molar-refractivity contribution is -0.127. The number of aromatic nitrogens is 1. The molecule has 1 aromatic heterocycles. The predicted molar refractivity (Wildman–Crippen MR) is 107 cm³/mol. The van der Waals surface area contributed by atoms with Gasteiger partial charge in [0.25, 0.3) is 11.8 Å². The first-order chi connectivity index (χ1) is 13.7. The minimum atomic E-state index is -3.03. The van der Waals surface area contributed by atoms with Gasteiger partial charge in [0.2, 0.25) is 5.91 Å². The summed E-state index contributed by atoms with van der Waals surface area (Å²) in [5.41, 5.74) is 1.77. The molecule has 2 aromatic carbocycles. The number of nitrogens with one attached hydrogen (secondary N) is 2. The molecule has 1 aliphatic rings. The van der Waals surface area contributed by atoms with Crippen LogP contribution in [0.25, 0.3) is 10.9 Å². The van der Waals surface area contributed by atoms with Gasteiger partial charge in [0.1, 0.15) is 0 Å². The number of nitrogens with zero attached hydrogens (tertiary/aromatic N) is 2. The molecule has 0 spiro atoms. The Morgan fingerprint density at radius 3 is 2.76 bits per heavy atom. The van der Waals surface area contributed by atoms with E-state index in [0.717, 1.165) is 17.8 Å². The Kier molecular flexibility index (Phi) is 4.41. The van der Waals surface area contributed by atoms with Crippen LogP contribution >= 0.6 is 0 Å². The topological polar surface area (TPSA) is 77.6 Å². The van der Waals surface area contributed by atoms with E-state index in [1.165, 1.54) is 29.3 Å². The molecule has 1 atom stereocenters. The zero-order valence-electron chi connectivity index (χ0n) is 15.7. The van der Waals surface area contributed by atoms with Crippen molar-refractivity contribution < 1.29 is 18.4 Å². The molecule has 1 unspecified atom stereocenters. The van der Waals surface area contributed by atoms with Gasteiger partial charge in [-0.15, -0.1) is 0 Å². The van der Waals surface area contributed by atoms with Crippen molar-refractivity contribution in [3.8, 4) is 0 Å². The Balaban J connectivity index is 1.55. The summed E-state index contributed by atoms with van der Waals surface area (Å²) in [4.78, 5) is 28.7. The van der Waals surface area contributed by atoms with Crippen LogP contribution in [0.1, 0.15) is 19.4 Å². The van der Waals surface area contributed by atoms with Crippen LogP contribution in [0.3, 0.4) is 0 Å². The molecule has 3 aromatic rings. The third-order valence-corrected chi connectivity index (χ3v) is 4.81. The first kappa shape index (κ1) is 18.8. The summed E-state index contributed by atoms with van der Waals surface area (Å²) >= 11 is 0. The molecule has 4 rings (SSSR count). The highest BCUT2D eigenvalue weighted by Gasteiger charge is 2.40. The second-order valence-electron chi connectivity index (χ2n) is 7.03. The number of carbonyl (C=O) groups is 2. The molecular weight excluding hydrogens is 378 g/mol.